The molecule has 0 aliphatic heterocycles. The van der Waals surface area contributed by atoms with Crippen molar-refractivity contribution in [3.8, 4) is 0 Å². The monoisotopic (exact) mass is 387 g/mol. The number of benzene rings is 1. The van der Waals surface area contributed by atoms with Gasteiger partial charge in [-0.3, -0.25) is 4.90 Å². The zero-order chi connectivity index (χ0) is 12.8. The van der Waals surface area contributed by atoms with E-state index in [1.807, 2.05) is 11.3 Å². The molecule has 4 heteroatoms. The molecule has 96 valence electrons. The van der Waals surface area contributed by atoms with Gasteiger partial charge in [0.1, 0.15) is 0 Å². The second kappa shape index (κ2) is 7.43. The summed E-state index contributed by atoms with van der Waals surface area (Å²) in [6.07, 6.45) is 0. The van der Waals surface area contributed by atoms with E-state index >= 15 is 0 Å². The van der Waals surface area contributed by atoms with Crippen molar-refractivity contribution in [2.75, 3.05) is 11.9 Å². The lowest BCUT2D eigenvalue weighted by atomic mass is 10.2. The molecule has 0 amide bonds. The van der Waals surface area contributed by atoms with Crippen molar-refractivity contribution >= 4 is 43.2 Å². The number of rotatable bonds is 6. The molecule has 0 unspecified atom stereocenters. The molecule has 0 saturated heterocycles. The summed E-state index contributed by atoms with van der Waals surface area (Å²) in [5.41, 5.74) is 1.37. The third-order valence-corrected chi connectivity index (χ3v) is 4.69. The van der Waals surface area contributed by atoms with Gasteiger partial charge in [0.05, 0.1) is 0 Å². The van der Waals surface area contributed by atoms with Crippen LogP contribution in [0.1, 0.15) is 10.4 Å². The Balaban J connectivity index is 1.99. The van der Waals surface area contributed by atoms with E-state index in [-0.39, 0.29) is 0 Å². The summed E-state index contributed by atoms with van der Waals surface area (Å²) in [6, 6.07) is 12.8. The maximum Gasteiger partial charge on any atom is 0.0332 e. The molecule has 1 nitrogen and oxygen atoms in total. The van der Waals surface area contributed by atoms with Crippen molar-refractivity contribution in [1.82, 2.24) is 4.90 Å². The zero-order valence-electron chi connectivity index (χ0n) is 9.98. The van der Waals surface area contributed by atoms with Crippen molar-refractivity contribution in [3.05, 3.63) is 56.7 Å². The molecule has 0 atom stereocenters. The summed E-state index contributed by atoms with van der Waals surface area (Å²) in [5, 5.41) is 3.15. The van der Waals surface area contributed by atoms with Crippen LogP contribution in [0.3, 0.4) is 0 Å². The van der Waals surface area contributed by atoms with Crippen molar-refractivity contribution in [1.29, 1.82) is 0 Å². The van der Waals surface area contributed by atoms with Crippen LogP contribution in [0.15, 0.2) is 46.3 Å². The highest BCUT2D eigenvalue weighted by molar-refractivity contribution is 9.10. The third kappa shape index (κ3) is 4.50. The van der Waals surface area contributed by atoms with Crippen molar-refractivity contribution in [2.24, 2.45) is 0 Å². The molecular formula is C14H15Br2NS. The fourth-order valence-electron chi connectivity index (χ4n) is 1.83. The number of thiophene rings is 1. The smallest absolute Gasteiger partial charge is 0.0332 e. The number of nitrogens with zero attached hydrogens (tertiary/aromatic N) is 1. The van der Waals surface area contributed by atoms with Crippen LogP contribution in [0.2, 0.25) is 0 Å². The summed E-state index contributed by atoms with van der Waals surface area (Å²) in [5.74, 6) is 0. The molecule has 0 aliphatic rings. The lowest BCUT2D eigenvalue weighted by molar-refractivity contribution is 0.277. The molecule has 2 rings (SSSR count). The Morgan fingerprint density at radius 2 is 1.89 bits per heavy atom. The molecular weight excluding hydrogens is 374 g/mol. The lowest BCUT2D eigenvalue weighted by Gasteiger charge is -2.20. The topological polar surface area (TPSA) is 3.24 Å². The maximum absolute atomic E-state index is 3.53. The molecule has 2 aromatic rings. The van der Waals surface area contributed by atoms with Crippen molar-refractivity contribution < 1.29 is 0 Å². The predicted octanol–water partition coefficient (Wildman–Crippen LogP) is 4.91. The number of hydrogen-bond donors (Lipinski definition) is 0. The molecule has 1 aromatic heterocycles. The molecule has 18 heavy (non-hydrogen) atoms. The fourth-order valence-corrected chi connectivity index (χ4v) is 3.83. The Bertz CT molecular complexity index is 470. The normalized spacial score (nSPS) is 11.1. The minimum Gasteiger partial charge on any atom is -0.293 e. The quantitative estimate of drug-likeness (QED) is 0.635. The van der Waals surface area contributed by atoms with Gasteiger partial charge < -0.3 is 0 Å². The summed E-state index contributed by atoms with van der Waals surface area (Å²) in [4.78, 5) is 3.86. The molecule has 0 bridgehead atoms. The minimum absolute atomic E-state index is 1.00. The Hall–Kier alpha value is -0.160. The Morgan fingerprint density at radius 3 is 2.50 bits per heavy atom. The van der Waals surface area contributed by atoms with Crippen LogP contribution in [0, 0.1) is 0 Å². The van der Waals surface area contributed by atoms with Gasteiger partial charge in [-0.15, -0.1) is 11.3 Å². The van der Waals surface area contributed by atoms with Gasteiger partial charge in [0.2, 0.25) is 0 Å². The predicted molar refractivity (Wildman–Crippen MR) is 86.4 cm³/mol. The van der Waals surface area contributed by atoms with Crippen molar-refractivity contribution in [3.63, 3.8) is 0 Å². The minimum atomic E-state index is 1.00. The van der Waals surface area contributed by atoms with Crippen LogP contribution < -0.4 is 0 Å². The molecule has 0 saturated carbocycles. The van der Waals surface area contributed by atoms with Crippen LogP contribution in [-0.2, 0) is 13.1 Å². The van der Waals surface area contributed by atoms with Gasteiger partial charge in [0.25, 0.3) is 0 Å². The number of alkyl halides is 1. The third-order valence-electron chi connectivity index (χ3n) is 2.65. The highest BCUT2D eigenvalue weighted by Gasteiger charge is 2.07. The van der Waals surface area contributed by atoms with E-state index in [0.717, 1.165) is 25.0 Å². The van der Waals surface area contributed by atoms with E-state index < -0.39 is 0 Å². The van der Waals surface area contributed by atoms with Gasteiger partial charge in [-0.2, -0.15) is 0 Å². The number of hydrogen-bond acceptors (Lipinski definition) is 2. The Kier molecular flexibility index (Phi) is 5.89. The average molecular weight is 389 g/mol. The molecule has 1 heterocycles. The second-order valence-corrected chi connectivity index (χ2v) is 6.82. The van der Waals surface area contributed by atoms with Crippen molar-refractivity contribution in [2.45, 2.75) is 13.1 Å². The highest BCUT2D eigenvalue weighted by Crippen LogP contribution is 2.21. The summed E-state index contributed by atoms with van der Waals surface area (Å²) < 4.78 is 1.18. The van der Waals surface area contributed by atoms with Crippen LogP contribution in [0.4, 0.5) is 0 Å². The van der Waals surface area contributed by atoms with Crippen LogP contribution >= 0.6 is 43.2 Å². The second-order valence-electron chi connectivity index (χ2n) is 4.12. The summed E-state index contributed by atoms with van der Waals surface area (Å²) in [7, 11) is 0. The molecule has 0 fully saturated rings. The molecule has 0 N–H and O–H groups in total. The van der Waals surface area contributed by atoms with Crippen LogP contribution in [0.25, 0.3) is 0 Å². The molecule has 0 aliphatic carbocycles. The van der Waals surface area contributed by atoms with Gasteiger partial charge in [-0.1, -0.05) is 46.3 Å². The Morgan fingerprint density at radius 1 is 1.11 bits per heavy atom. The number of halogens is 2. The fraction of sp³-hybridized carbons (Fsp3) is 0.286. The van der Waals surface area contributed by atoms with E-state index in [9.17, 15) is 0 Å². The molecule has 0 radical (unpaired) electrons. The SMILES string of the molecule is BrCCN(Cc1ccccc1)Cc1cc(Br)cs1. The lowest BCUT2D eigenvalue weighted by Crippen LogP contribution is -2.24. The zero-order valence-corrected chi connectivity index (χ0v) is 14.0. The van der Waals surface area contributed by atoms with Crippen LogP contribution in [0.5, 0.6) is 0 Å². The summed E-state index contributed by atoms with van der Waals surface area (Å²) in [6.45, 7) is 3.07. The summed E-state index contributed by atoms with van der Waals surface area (Å²) >= 11 is 8.86. The van der Waals surface area contributed by atoms with Gasteiger partial charge in [0.15, 0.2) is 0 Å². The van der Waals surface area contributed by atoms with Gasteiger partial charge in [-0.25, -0.2) is 0 Å². The van der Waals surface area contributed by atoms with E-state index in [0.29, 0.717) is 0 Å². The average Bonchev–Trinajstić information content (AvgIpc) is 2.76. The first-order valence-corrected chi connectivity index (χ1v) is 8.62. The standard InChI is InChI=1S/C14H15Br2NS/c15-6-7-17(9-12-4-2-1-3-5-12)10-14-8-13(16)11-18-14/h1-5,8,11H,6-7,9-10H2. The van der Waals surface area contributed by atoms with E-state index in [1.165, 1.54) is 14.9 Å². The largest absolute Gasteiger partial charge is 0.293 e. The van der Waals surface area contributed by atoms with E-state index in [2.05, 4.69) is 78.5 Å². The first kappa shape index (κ1) is 14.3. The first-order valence-electron chi connectivity index (χ1n) is 5.83. The first-order chi connectivity index (χ1) is 8.78. The molecule has 1 aromatic carbocycles. The van der Waals surface area contributed by atoms with E-state index in [1.54, 1.807) is 0 Å². The van der Waals surface area contributed by atoms with Gasteiger partial charge >= 0.3 is 0 Å². The maximum atomic E-state index is 3.53. The van der Waals surface area contributed by atoms with E-state index in [4.69, 9.17) is 0 Å². The van der Waals surface area contributed by atoms with Crippen LogP contribution in [-0.4, -0.2) is 16.8 Å². The Labute approximate surface area is 129 Å². The highest BCUT2D eigenvalue weighted by atomic mass is 79.9. The van der Waals surface area contributed by atoms with Gasteiger partial charge in [-0.05, 0) is 27.6 Å². The van der Waals surface area contributed by atoms with Gasteiger partial charge in [0, 0.05) is 39.7 Å². The molecule has 0 spiro atoms.